The molecule has 276 valence electrons. The standard InChI is InChI=1S/C11H10Cl2F2N4O3S.C9H16ClN5.C5H12NO4P/c1-5-16-19(11(20)18(5)10(14)15)9-4-8(17-23(2,21)22)6(12)3-7(9)13;1-5-11-7-12-6(10)13-8(14-7)15-9(2,3)4;1-11(9,10)3-2-4(6)5(7)8/h3-4,10,17H,1-2H3;5H2,1-4H3,(H2,11,12,13,14,15);4H,2-3,6H2,1H3,(H,7,8)(H,9,10). The zero-order chi connectivity index (χ0) is 38.1. The van der Waals surface area contributed by atoms with E-state index < -0.39 is 41.6 Å². The van der Waals surface area contributed by atoms with Gasteiger partial charge in [0.1, 0.15) is 11.9 Å². The van der Waals surface area contributed by atoms with Gasteiger partial charge in [-0.3, -0.25) is 14.1 Å². The van der Waals surface area contributed by atoms with E-state index in [1.54, 1.807) is 0 Å². The number of hydrogen-bond donors (Lipinski definition) is 6. The molecule has 3 aromatic rings. The summed E-state index contributed by atoms with van der Waals surface area (Å²) in [6.07, 6.45) is 0.902. The Morgan fingerprint density at radius 1 is 1.12 bits per heavy atom. The van der Waals surface area contributed by atoms with Crippen LogP contribution < -0.4 is 26.8 Å². The topological polar surface area (TPSA) is 249 Å². The number of halogens is 5. The summed E-state index contributed by atoms with van der Waals surface area (Å²) in [7, 11) is -6.75. The van der Waals surface area contributed by atoms with Gasteiger partial charge in [0, 0.05) is 24.9 Å². The average molecular weight is 798 g/mol. The Kier molecular flexibility index (Phi) is 16.3. The van der Waals surface area contributed by atoms with E-state index in [1.807, 2.05) is 27.7 Å². The van der Waals surface area contributed by atoms with Crippen LogP contribution >= 0.6 is 42.2 Å². The van der Waals surface area contributed by atoms with Crippen molar-refractivity contribution < 1.29 is 36.6 Å². The number of carbonyl (C=O) groups is 1. The molecule has 0 bridgehead atoms. The molecular formula is C25H38Cl3F2N10O7PS. The van der Waals surface area contributed by atoms with E-state index in [1.165, 1.54) is 19.7 Å². The summed E-state index contributed by atoms with van der Waals surface area (Å²) in [6, 6.07) is 1.28. The minimum atomic E-state index is -3.65. The summed E-state index contributed by atoms with van der Waals surface area (Å²) in [5.74, 6) is -0.394. The first-order valence-corrected chi connectivity index (χ1v) is 19.2. The van der Waals surface area contributed by atoms with E-state index in [-0.39, 0.29) is 55.2 Å². The molecule has 0 spiro atoms. The second kappa shape index (κ2) is 18.2. The quantitative estimate of drug-likeness (QED) is 0.148. The minimum absolute atomic E-state index is 0.0257. The summed E-state index contributed by atoms with van der Waals surface area (Å²) in [5, 5.41) is 18.2. The molecule has 0 fully saturated rings. The highest BCUT2D eigenvalue weighted by Crippen LogP contribution is 2.35. The minimum Gasteiger partial charge on any atom is -0.480 e. The van der Waals surface area contributed by atoms with Crippen molar-refractivity contribution in [2.45, 2.75) is 59.2 Å². The van der Waals surface area contributed by atoms with Crippen molar-refractivity contribution >= 4 is 75.7 Å². The van der Waals surface area contributed by atoms with Crippen LogP contribution in [0.5, 0.6) is 0 Å². The zero-order valence-electron chi connectivity index (χ0n) is 27.4. The van der Waals surface area contributed by atoms with Gasteiger partial charge in [0.05, 0.1) is 27.7 Å². The largest absolute Gasteiger partial charge is 0.480 e. The Morgan fingerprint density at radius 2 is 1.69 bits per heavy atom. The lowest BCUT2D eigenvalue weighted by atomic mass is 10.1. The van der Waals surface area contributed by atoms with Crippen LogP contribution in [0.25, 0.3) is 5.69 Å². The van der Waals surface area contributed by atoms with Gasteiger partial charge >= 0.3 is 18.2 Å². The van der Waals surface area contributed by atoms with Crippen molar-refractivity contribution in [1.29, 1.82) is 0 Å². The molecule has 0 aliphatic heterocycles. The van der Waals surface area contributed by atoms with Crippen molar-refractivity contribution in [3.8, 4) is 5.69 Å². The number of carboxylic acids is 1. The molecule has 0 saturated heterocycles. The molecular weight excluding hydrogens is 760 g/mol. The molecule has 3 rings (SSSR count). The highest BCUT2D eigenvalue weighted by atomic mass is 35.5. The van der Waals surface area contributed by atoms with Crippen molar-refractivity contribution in [2.75, 3.05) is 41.0 Å². The Bertz CT molecular complexity index is 1820. The number of aliphatic carboxylic acids is 1. The Labute approximate surface area is 296 Å². The maximum absolute atomic E-state index is 12.8. The number of anilines is 3. The first kappa shape index (κ1) is 43.9. The lowest BCUT2D eigenvalue weighted by Crippen LogP contribution is -2.30. The van der Waals surface area contributed by atoms with Gasteiger partial charge in [-0.05, 0) is 64.8 Å². The number of alkyl halides is 2. The van der Waals surface area contributed by atoms with Crippen molar-refractivity contribution in [3.63, 3.8) is 0 Å². The fourth-order valence-corrected chi connectivity index (χ4v) is 5.37. The maximum Gasteiger partial charge on any atom is 0.355 e. The highest BCUT2D eigenvalue weighted by Gasteiger charge is 2.21. The van der Waals surface area contributed by atoms with Crippen LogP contribution in [0.4, 0.5) is 26.4 Å². The molecule has 7 N–H and O–H groups in total. The number of nitrogens with one attached hydrogen (secondary N) is 3. The number of sulfonamides is 1. The molecule has 2 aromatic heterocycles. The second-order valence-corrected chi connectivity index (χ2v) is 16.7. The normalized spacial score (nSPS) is 13.3. The Morgan fingerprint density at radius 3 is 2.14 bits per heavy atom. The van der Waals surface area contributed by atoms with Crippen LogP contribution in [0.15, 0.2) is 16.9 Å². The number of nitrogens with zero attached hydrogens (tertiary/aromatic N) is 6. The molecule has 24 heteroatoms. The van der Waals surface area contributed by atoms with E-state index >= 15 is 0 Å². The number of nitrogens with two attached hydrogens (primary N) is 1. The number of benzene rings is 1. The van der Waals surface area contributed by atoms with Crippen molar-refractivity contribution in [2.24, 2.45) is 5.73 Å². The summed E-state index contributed by atoms with van der Waals surface area (Å²) in [5.41, 5.74) is 3.72. The Balaban J connectivity index is 0.000000399. The molecule has 49 heavy (non-hydrogen) atoms. The highest BCUT2D eigenvalue weighted by molar-refractivity contribution is 7.92. The Hall–Kier alpha value is -3.13. The van der Waals surface area contributed by atoms with Crippen LogP contribution in [0.2, 0.25) is 15.3 Å². The lowest BCUT2D eigenvalue weighted by Gasteiger charge is -2.20. The van der Waals surface area contributed by atoms with Crippen LogP contribution in [0, 0.1) is 6.92 Å². The van der Waals surface area contributed by atoms with Gasteiger partial charge in [0.25, 0.3) is 0 Å². The number of aryl methyl sites for hydroxylation is 1. The molecule has 0 amide bonds. The van der Waals surface area contributed by atoms with Crippen LogP contribution in [0.3, 0.4) is 0 Å². The lowest BCUT2D eigenvalue weighted by molar-refractivity contribution is -0.138. The number of hydrogen-bond acceptors (Lipinski definition) is 12. The summed E-state index contributed by atoms with van der Waals surface area (Å²) in [4.78, 5) is 43.0. The van der Waals surface area contributed by atoms with Crippen LogP contribution in [-0.4, -0.2) is 90.9 Å². The van der Waals surface area contributed by atoms with Gasteiger partial charge < -0.3 is 26.4 Å². The summed E-state index contributed by atoms with van der Waals surface area (Å²) < 4.78 is 61.9. The molecule has 2 unspecified atom stereocenters. The third-order valence-corrected chi connectivity index (χ3v) is 7.80. The van der Waals surface area contributed by atoms with Crippen LogP contribution in [-0.2, 0) is 19.4 Å². The van der Waals surface area contributed by atoms with Gasteiger partial charge in [0.15, 0.2) is 7.37 Å². The van der Waals surface area contributed by atoms with E-state index in [4.69, 9.17) is 50.5 Å². The monoisotopic (exact) mass is 796 g/mol. The second-order valence-electron chi connectivity index (χ2n) is 11.2. The third-order valence-electron chi connectivity index (χ3n) is 5.34. The summed E-state index contributed by atoms with van der Waals surface area (Å²) >= 11 is 17.6. The predicted octanol–water partition coefficient (Wildman–Crippen LogP) is 4.27. The number of rotatable bonds is 11. The van der Waals surface area contributed by atoms with E-state index in [0.29, 0.717) is 16.6 Å². The maximum atomic E-state index is 12.8. The smallest absolute Gasteiger partial charge is 0.355 e. The van der Waals surface area contributed by atoms with Gasteiger partial charge in [-0.25, -0.2) is 17.8 Å². The fraction of sp³-hybridized carbons (Fsp3) is 0.520. The number of aromatic nitrogens is 6. The van der Waals surface area contributed by atoms with Crippen molar-refractivity contribution in [3.05, 3.63) is 43.8 Å². The van der Waals surface area contributed by atoms with E-state index in [9.17, 15) is 31.4 Å². The zero-order valence-corrected chi connectivity index (χ0v) is 31.4. The molecule has 2 atom stereocenters. The van der Waals surface area contributed by atoms with Crippen LogP contribution in [0.1, 0.15) is 46.5 Å². The molecule has 0 aliphatic carbocycles. The summed E-state index contributed by atoms with van der Waals surface area (Å²) in [6.45, 7) is 8.12. The van der Waals surface area contributed by atoms with Crippen molar-refractivity contribution in [1.82, 2.24) is 29.3 Å². The van der Waals surface area contributed by atoms with Gasteiger partial charge in [-0.15, -0.1) is 5.10 Å². The molecule has 0 aliphatic rings. The SMILES string of the molecule is CCNc1nc(Cl)nc(NC(C)(C)C)n1.CP(=O)(O)CCC(N)C(=O)O.Cc1nn(-c2cc(NS(C)(=O)=O)c(Cl)cc2Cl)c(=O)n1C(F)F. The first-order chi connectivity index (χ1) is 22.2. The van der Waals surface area contributed by atoms with E-state index in [2.05, 4.69) is 35.4 Å². The third kappa shape index (κ3) is 16.0. The molecule has 2 heterocycles. The molecule has 17 nitrogen and oxygen atoms in total. The van der Waals surface area contributed by atoms with Gasteiger partial charge in [0.2, 0.25) is 27.2 Å². The predicted molar refractivity (Wildman–Crippen MR) is 186 cm³/mol. The first-order valence-electron chi connectivity index (χ1n) is 13.9. The molecule has 0 radical (unpaired) electrons. The average Bonchev–Trinajstić information content (AvgIpc) is 3.20. The van der Waals surface area contributed by atoms with Gasteiger partial charge in [-0.1, -0.05) is 23.2 Å². The molecule has 1 aromatic carbocycles. The van der Waals surface area contributed by atoms with E-state index in [0.717, 1.165) is 18.9 Å². The molecule has 0 saturated carbocycles. The number of carboxylic acid groups (broad SMARTS) is 1. The van der Waals surface area contributed by atoms with Gasteiger partial charge in [-0.2, -0.15) is 28.4 Å². The fourth-order valence-electron chi connectivity index (χ4n) is 3.32.